The van der Waals surface area contributed by atoms with Crippen molar-refractivity contribution in [1.82, 2.24) is 9.88 Å². The number of anilines is 2. The lowest BCUT2D eigenvalue weighted by Gasteiger charge is -2.36. The van der Waals surface area contributed by atoms with Crippen molar-refractivity contribution in [2.24, 2.45) is 0 Å². The molecule has 1 saturated heterocycles. The number of hydrogen-bond acceptors (Lipinski definition) is 6. The van der Waals surface area contributed by atoms with Crippen molar-refractivity contribution >= 4 is 27.3 Å². The number of benzene rings is 2. The fraction of sp³-hybridized carbons (Fsp3) is 0.217. The quantitative estimate of drug-likeness (QED) is 0.618. The Bertz CT molecular complexity index is 1160. The van der Waals surface area contributed by atoms with Gasteiger partial charge >= 0.3 is 0 Å². The summed E-state index contributed by atoms with van der Waals surface area (Å²) in [7, 11) is -2.10. The number of carbonyl (C=O) groups is 1. The Hall–Kier alpha value is -3.59. The Morgan fingerprint density at radius 1 is 0.906 bits per heavy atom. The molecule has 1 fully saturated rings. The largest absolute Gasteiger partial charge is 0.497 e. The third kappa shape index (κ3) is 4.83. The molecule has 0 radical (unpaired) electrons. The van der Waals surface area contributed by atoms with Crippen LogP contribution in [-0.2, 0) is 10.0 Å². The van der Waals surface area contributed by atoms with Crippen molar-refractivity contribution in [3.63, 3.8) is 0 Å². The maximum atomic E-state index is 12.9. The Morgan fingerprint density at radius 3 is 2.12 bits per heavy atom. The summed E-state index contributed by atoms with van der Waals surface area (Å²) in [5, 5.41) is 0. The fourth-order valence-corrected chi connectivity index (χ4v) is 4.61. The van der Waals surface area contributed by atoms with Gasteiger partial charge in [-0.25, -0.2) is 8.42 Å². The van der Waals surface area contributed by atoms with E-state index in [9.17, 15) is 13.2 Å². The highest BCUT2D eigenvalue weighted by molar-refractivity contribution is 7.92. The molecule has 166 valence electrons. The smallest absolute Gasteiger partial charge is 0.261 e. The lowest BCUT2D eigenvalue weighted by Crippen LogP contribution is -2.48. The number of amides is 1. The highest BCUT2D eigenvalue weighted by Gasteiger charge is 2.23. The first-order valence-electron chi connectivity index (χ1n) is 10.2. The third-order valence-electron chi connectivity index (χ3n) is 5.35. The number of rotatable bonds is 6. The Morgan fingerprint density at radius 2 is 1.53 bits per heavy atom. The maximum absolute atomic E-state index is 12.9. The van der Waals surface area contributed by atoms with Crippen LogP contribution in [0.5, 0.6) is 5.75 Å². The van der Waals surface area contributed by atoms with Crippen LogP contribution in [0.1, 0.15) is 10.4 Å². The minimum absolute atomic E-state index is 0.0928. The highest BCUT2D eigenvalue weighted by Crippen LogP contribution is 2.22. The van der Waals surface area contributed by atoms with Gasteiger partial charge in [0, 0.05) is 49.8 Å². The molecule has 1 aliphatic heterocycles. The summed E-state index contributed by atoms with van der Waals surface area (Å²) in [6.07, 6.45) is 3.02. The molecular formula is C23H24N4O4S. The van der Waals surface area contributed by atoms with Crippen LogP contribution < -0.4 is 14.4 Å². The van der Waals surface area contributed by atoms with E-state index >= 15 is 0 Å². The topological polar surface area (TPSA) is 91.8 Å². The van der Waals surface area contributed by atoms with Gasteiger partial charge in [0.2, 0.25) is 0 Å². The summed E-state index contributed by atoms with van der Waals surface area (Å²) in [5.74, 6) is 0.703. The van der Waals surface area contributed by atoms with Gasteiger partial charge in [-0.1, -0.05) is 0 Å². The van der Waals surface area contributed by atoms with Crippen LogP contribution in [0.3, 0.4) is 0 Å². The summed E-state index contributed by atoms with van der Waals surface area (Å²) in [4.78, 5) is 20.9. The van der Waals surface area contributed by atoms with E-state index in [4.69, 9.17) is 4.74 Å². The summed E-state index contributed by atoms with van der Waals surface area (Å²) in [6.45, 7) is 2.63. The third-order valence-corrected chi connectivity index (χ3v) is 6.75. The first-order chi connectivity index (χ1) is 15.5. The van der Waals surface area contributed by atoms with E-state index in [-0.39, 0.29) is 10.8 Å². The van der Waals surface area contributed by atoms with E-state index in [1.165, 1.54) is 24.5 Å². The summed E-state index contributed by atoms with van der Waals surface area (Å²) in [5.41, 5.74) is 1.98. The van der Waals surface area contributed by atoms with Gasteiger partial charge in [-0.05, 0) is 60.7 Å². The molecular weight excluding hydrogens is 428 g/mol. The van der Waals surface area contributed by atoms with Crippen molar-refractivity contribution in [2.75, 3.05) is 42.9 Å². The predicted molar refractivity (Wildman–Crippen MR) is 123 cm³/mol. The van der Waals surface area contributed by atoms with Gasteiger partial charge in [-0.15, -0.1) is 0 Å². The molecule has 2 heterocycles. The van der Waals surface area contributed by atoms with Crippen LogP contribution in [0, 0.1) is 0 Å². The van der Waals surface area contributed by atoms with Gasteiger partial charge in [0.1, 0.15) is 5.75 Å². The molecule has 0 spiro atoms. The molecule has 1 N–H and O–H groups in total. The first-order valence-corrected chi connectivity index (χ1v) is 11.7. The average molecular weight is 453 g/mol. The van der Waals surface area contributed by atoms with Crippen molar-refractivity contribution < 1.29 is 17.9 Å². The van der Waals surface area contributed by atoms with Gasteiger partial charge in [0.05, 0.1) is 17.7 Å². The molecule has 2 aromatic carbocycles. The zero-order valence-electron chi connectivity index (χ0n) is 17.6. The van der Waals surface area contributed by atoms with E-state index in [0.29, 0.717) is 24.3 Å². The zero-order valence-corrected chi connectivity index (χ0v) is 18.5. The second-order valence-corrected chi connectivity index (χ2v) is 9.03. The molecule has 1 amide bonds. The van der Waals surface area contributed by atoms with Crippen LogP contribution >= 0.6 is 0 Å². The number of sulfonamides is 1. The Balaban J connectivity index is 1.37. The summed E-state index contributed by atoms with van der Waals surface area (Å²) in [6, 6.07) is 17.0. The number of nitrogens with one attached hydrogen (secondary N) is 1. The second kappa shape index (κ2) is 9.27. The van der Waals surface area contributed by atoms with E-state index in [1.54, 1.807) is 36.3 Å². The molecule has 32 heavy (non-hydrogen) atoms. The van der Waals surface area contributed by atoms with Gasteiger partial charge < -0.3 is 14.5 Å². The number of methoxy groups -OCH3 is 1. The average Bonchev–Trinajstić information content (AvgIpc) is 2.84. The zero-order chi connectivity index (χ0) is 22.6. The van der Waals surface area contributed by atoms with Crippen LogP contribution in [0.25, 0.3) is 0 Å². The number of aromatic nitrogens is 1. The monoisotopic (exact) mass is 452 g/mol. The maximum Gasteiger partial charge on any atom is 0.261 e. The molecule has 1 aromatic heterocycles. The van der Waals surface area contributed by atoms with Crippen LogP contribution in [0.4, 0.5) is 11.4 Å². The Kier molecular flexibility index (Phi) is 6.27. The summed E-state index contributed by atoms with van der Waals surface area (Å²) >= 11 is 0. The molecule has 0 unspecified atom stereocenters. The summed E-state index contributed by atoms with van der Waals surface area (Å²) < 4.78 is 32.8. The number of pyridine rings is 1. The molecule has 9 heteroatoms. The van der Waals surface area contributed by atoms with Crippen molar-refractivity contribution in [3.05, 3.63) is 78.6 Å². The van der Waals surface area contributed by atoms with Crippen LogP contribution in [0.2, 0.25) is 0 Å². The van der Waals surface area contributed by atoms with Crippen molar-refractivity contribution in [2.45, 2.75) is 4.90 Å². The van der Waals surface area contributed by atoms with Crippen LogP contribution in [-0.4, -0.2) is 57.5 Å². The Labute approximate surface area is 187 Å². The molecule has 1 aliphatic rings. The number of carbonyl (C=O) groups excluding carboxylic acids is 1. The molecule has 0 saturated carbocycles. The van der Waals surface area contributed by atoms with E-state index in [2.05, 4.69) is 14.6 Å². The normalized spacial score (nSPS) is 14.2. The highest BCUT2D eigenvalue weighted by atomic mass is 32.2. The molecule has 8 nitrogen and oxygen atoms in total. The molecule has 0 bridgehead atoms. The predicted octanol–water partition coefficient (Wildman–Crippen LogP) is 2.85. The van der Waals surface area contributed by atoms with Gasteiger partial charge in [0.15, 0.2) is 0 Å². The fourth-order valence-electron chi connectivity index (χ4n) is 3.55. The minimum atomic E-state index is -3.74. The number of ether oxygens (including phenoxy) is 1. The van der Waals surface area contributed by atoms with E-state index < -0.39 is 10.0 Å². The lowest BCUT2D eigenvalue weighted by molar-refractivity contribution is 0.0746. The molecule has 0 atom stereocenters. The molecule has 0 aliphatic carbocycles. The first kappa shape index (κ1) is 21.6. The molecule has 4 rings (SSSR count). The number of piperazine rings is 1. The van der Waals surface area contributed by atoms with Crippen LogP contribution in [0.15, 0.2) is 78.0 Å². The molecule has 3 aromatic rings. The van der Waals surface area contributed by atoms with E-state index in [1.807, 2.05) is 24.3 Å². The number of hydrogen-bond donors (Lipinski definition) is 1. The SMILES string of the molecule is COc1ccc(N2CCN(C(=O)c3ccc(S(=O)(=O)Nc4ccncc4)cc3)CC2)cc1. The standard InChI is InChI=1S/C23H24N4O4S/c1-31-21-6-4-20(5-7-21)26-14-16-27(17-15-26)23(28)18-2-8-22(9-3-18)32(29,30)25-19-10-12-24-13-11-19/h2-13H,14-17H2,1H3,(H,24,25). The minimum Gasteiger partial charge on any atom is -0.497 e. The van der Waals surface area contributed by atoms with E-state index in [0.717, 1.165) is 24.5 Å². The second-order valence-electron chi connectivity index (χ2n) is 7.34. The van der Waals surface area contributed by atoms with Crippen molar-refractivity contribution in [3.8, 4) is 5.75 Å². The van der Waals surface area contributed by atoms with Gasteiger partial charge in [-0.2, -0.15) is 0 Å². The lowest BCUT2D eigenvalue weighted by atomic mass is 10.1. The van der Waals surface area contributed by atoms with Gasteiger partial charge in [-0.3, -0.25) is 14.5 Å². The van der Waals surface area contributed by atoms with Gasteiger partial charge in [0.25, 0.3) is 15.9 Å². The van der Waals surface area contributed by atoms with Crippen molar-refractivity contribution in [1.29, 1.82) is 0 Å². The number of nitrogens with zero attached hydrogens (tertiary/aromatic N) is 3.